The van der Waals surface area contributed by atoms with Gasteiger partial charge in [0.05, 0.1) is 0 Å². The van der Waals surface area contributed by atoms with Gasteiger partial charge in [-0.2, -0.15) is 0 Å². The van der Waals surface area contributed by atoms with E-state index < -0.39 is 0 Å². The fourth-order valence-electron chi connectivity index (χ4n) is 5.37. The monoisotopic (exact) mass is 678 g/mol. The van der Waals surface area contributed by atoms with E-state index in [1.165, 1.54) is 43.8 Å². The first kappa shape index (κ1) is 24.9. The first-order valence-electron chi connectivity index (χ1n) is 12.7. The van der Waals surface area contributed by atoms with E-state index in [1.54, 1.807) is 0 Å². The van der Waals surface area contributed by atoms with Crippen LogP contribution in [0.25, 0.3) is 60.4 Å². The molecule has 39 heavy (non-hydrogen) atoms. The van der Waals surface area contributed by atoms with Crippen molar-refractivity contribution in [2.75, 3.05) is 0 Å². The van der Waals surface area contributed by atoms with Crippen molar-refractivity contribution in [1.29, 1.82) is 0 Å². The van der Waals surface area contributed by atoms with Crippen LogP contribution in [-0.2, 0) is 20.1 Å². The normalized spacial score (nSPS) is 11.0. The van der Waals surface area contributed by atoms with Crippen LogP contribution in [0.4, 0.5) is 0 Å². The van der Waals surface area contributed by atoms with Crippen molar-refractivity contribution in [3.63, 3.8) is 0 Å². The largest absolute Gasteiger partial charge is 0.328 e. The van der Waals surface area contributed by atoms with Crippen LogP contribution in [0.2, 0.25) is 0 Å². The molecular weight excluding hydrogens is 655 g/mol. The summed E-state index contributed by atoms with van der Waals surface area (Å²) in [6, 6.07) is 43.9. The van der Waals surface area contributed by atoms with Gasteiger partial charge in [-0.15, -0.1) is 59.5 Å². The van der Waals surface area contributed by atoms with Crippen molar-refractivity contribution in [1.82, 2.24) is 14.5 Å². The average Bonchev–Trinajstić information content (AvgIpc) is 3.33. The number of rotatable bonds is 2. The second-order valence-electron chi connectivity index (χ2n) is 9.38. The van der Waals surface area contributed by atoms with Crippen molar-refractivity contribution >= 4 is 43.5 Å². The number of nitrogens with zero attached hydrogens (tertiary/aromatic N) is 3. The molecule has 0 aliphatic heterocycles. The molecule has 0 atom stereocenters. The van der Waals surface area contributed by atoms with Gasteiger partial charge in [-0.1, -0.05) is 53.4 Å². The van der Waals surface area contributed by atoms with E-state index in [4.69, 9.17) is 0 Å². The second-order valence-corrected chi connectivity index (χ2v) is 9.38. The Morgan fingerprint density at radius 3 is 2.28 bits per heavy atom. The average molecular weight is 678 g/mol. The van der Waals surface area contributed by atoms with Crippen LogP contribution >= 0.6 is 0 Å². The van der Waals surface area contributed by atoms with Gasteiger partial charge in [0.2, 0.25) is 0 Å². The van der Waals surface area contributed by atoms with Crippen molar-refractivity contribution < 1.29 is 20.1 Å². The van der Waals surface area contributed by atoms with Crippen LogP contribution < -0.4 is 0 Å². The standard InChI is InChI=1S/C23H13N2.C12H10N.Ir/c1-2-7-15(8-3-1)25-19-12-4-9-16-17-11-6-14-24-23(17)18-10-5-13-20(25)22(18)21(16)19;1-10-7-8-13-12(9-10)11-5-3-2-4-6-11;/h1-9,11-14H;2-5,7-9H,1H3;/q2*-1;. The first-order chi connectivity index (χ1) is 18.8. The Kier molecular flexibility index (Phi) is 6.66. The Bertz CT molecular complexity index is 1940. The zero-order valence-corrected chi connectivity index (χ0v) is 23.6. The Balaban J connectivity index is 0.000000169. The Morgan fingerprint density at radius 1 is 0.641 bits per heavy atom. The van der Waals surface area contributed by atoms with Crippen molar-refractivity contribution in [2.45, 2.75) is 6.92 Å². The fraction of sp³-hybridized carbons (Fsp3) is 0.0286. The van der Waals surface area contributed by atoms with E-state index in [2.05, 4.69) is 100 Å². The molecule has 0 amide bonds. The van der Waals surface area contributed by atoms with E-state index in [9.17, 15) is 0 Å². The number of benzene rings is 5. The summed E-state index contributed by atoms with van der Waals surface area (Å²) in [4.78, 5) is 8.95. The van der Waals surface area contributed by atoms with Crippen LogP contribution in [-0.4, -0.2) is 14.5 Å². The molecule has 0 aliphatic rings. The number of aromatic nitrogens is 3. The van der Waals surface area contributed by atoms with Gasteiger partial charge in [-0.05, 0) is 70.1 Å². The minimum atomic E-state index is 0. The van der Waals surface area contributed by atoms with Gasteiger partial charge in [0.25, 0.3) is 0 Å². The number of para-hydroxylation sites is 1. The summed E-state index contributed by atoms with van der Waals surface area (Å²) in [5.74, 6) is 0. The molecule has 8 rings (SSSR count). The van der Waals surface area contributed by atoms with Crippen LogP contribution in [0.15, 0.2) is 122 Å². The maximum atomic E-state index is 4.67. The van der Waals surface area contributed by atoms with E-state index in [0.29, 0.717) is 0 Å². The molecular formula is C35H23IrN3-2. The van der Waals surface area contributed by atoms with Gasteiger partial charge in [0.15, 0.2) is 0 Å². The molecule has 0 unspecified atom stereocenters. The molecule has 3 nitrogen and oxygen atoms in total. The number of hydrogen-bond acceptors (Lipinski definition) is 2. The summed E-state index contributed by atoms with van der Waals surface area (Å²) in [5.41, 5.74) is 7.90. The topological polar surface area (TPSA) is 30.7 Å². The number of pyridine rings is 2. The van der Waals surface area contributed by atoms with Gasteiger partial charge in [-0.3, -0.25) is 0 Å². The van der Waals surface area contributed by atoms with Gasteiger partial charge in [0, 0.05) is 43.7 Å². The Hall–Kier alpha value is -4.37. The van der Waals surface area contributed by atoms with Crippen LogP contribution in [0.3, 0.4) is 0 Å². The zero-order chi connectivity index (χ0) is 25.5. The molecule has 0 saturated carbocycles. The SMILES string of the molecule is Cc1ccnc(-c2[c-]cccc2)c1.[Ir].[c-]1ccc2c3c1c1ncccc1c1cccc(c13)n2-c1ccccc1. The molecule has 189 valence electrons. The molecule has 0 bridgehead atoms. The van der Waals surface area contributed by atoms with Crippen molar-refractivity contribution in [2.24, 2.45) is 0 Å². The number of aryl methyl sites for hydroxylation is 1. The quantitative estimate of drug-likeness (QED) is 0.136. The van der Waals surface area contributed by atoms with Gasteiger partial charge < -0.3 is 14.5 Å². The predicted molar refractivity (Wildman–Crippen MR) is 157 cm³/mol. The number of hydrogen-bond donors (Lipinski definition) is 0. The van der Waals surface area contributed by atoms with E-state index in [1.807, 2.05) is 54.9 Å². The summed E-state index contributed by atoms with van der Waals surface area (Å²) < 4.78 is 2.34. The van der Waals surface area contributed by atoms with Crippen molar-refractivity contribution in [3.05, 3.63) is 139 Å². The minimum absolute atomic E-state index is 0. The molecule has 4 heteroatoms. The zero-order valence-electron chi connectivity index (χ0n) is 21.2. The third-order valence-electron chi connectivity index (χ3n) is 7.00. The second kappa shape index (κ2) is 10.4. The molecule has 8 aromatic rings. The predicted octanol–water partition coefficient (Wildman–Crippen LogP) is 8.58. The summed E-state index contributed by atoms with van der Waals surface area (Å²) in [6.07, 6.45) is 3.69. The Morgan fingerprint density at radius 2 is 1.46 bits per heavy atom. The van der Waals surface area contributed by atoms with Crippen molar-refractivity contribution in [3.8, 4) is 16.9 Å². The van der Waals surface area contributed by atoms with Gasteiger partial charge >= 0.3 is 0 Å². The van der Waals surface area contributed by atoms with E-state index >= 15 is 0 Å². The summed E-state index contributed by atoms with van der Waals surface area (Å²) in [5, 5.41) is 6.10. The van der Waals surface area contributed by atoms with Gasteiger partial charge in [-0.25, -0.2) is 0 Å². The van der Waals surface area contributed by atoms with Crippen LogP contribution in [0.5, 0.6) is 0 Å². The molecule has 5 aromatic carbocycles. The van der Waals surface area contributed by atoms with Crippen LogP contribution in [0, 0.1) is 19.1 Å². The molecule has 0 N–H and O–H groups in total. The van der Waals surface area contributed by atoms with E-state index in [0.717, 1.165) is 22.2 Å². The molecule has 1 radical (unpaired) electrons. The van der Waals surface area contributed by atoms with Gasteiger partial charge in [0.1, 0.15) is 0 Å². The third-order valence-corrected chi connectivity index (χ3v) is 7.00. The number of fused-ring (bicyclic) bond motifs is 3. The summed E-state index contributed by atoms with van der Waals surface area (Å²) in [6.45, 7) is 2.06. The maximum Gasteiger partial charge on any atom is 0.0444 e. The molecule has 3 heterocycles. The first-order valence-corrected chi connectivity index (χ1v) is 12.7. The molecule has 0 aliphatic carbocycles. The molecule has 3 aromatic heterocycles. The van der Waals surface area contributed by atoms with Crippen LogP contribution in [0.1, 0.15) is 5.56 Å². The smallest absolute Gasteiger partial charge is 0.0444 e. The molecule has 0 fully saturated rings. The Labute approximate surface area is 240 Å². The summed E-state index contributed by atoms with van der Waals surface area (Å²) >= 11 is 0. The molecule has 0 saturated heterocycles. The molecule has 0 spiro atoms. The van der Waals surface area contributed by atoms with E-state index in [-0.39, 0.29) is 20.1 Å². The summed E-state index contributed by atoms with van der Waals surface area (Å²) in [7, 11) is 0. The fourth-order valence-corrected chi connectivity index (χ4v) is 5.37. The minimum Gasteiger partial charge on any atom is -0.328 e. The third kappa shape index (κ3) is 4.28. The maximum absolute atomic E-state index is 4.67.